The molecule has 0 bridgehead atoms. The number of ether oxygens (including phenoxy) is 1. The molecule has 0 saturated carbocycles. The fraction of sp³-hybridized carbons (Fsp3) is 0.688. The highest BCUT2D eigenvalue weighted by Crippen LogP contribution is 2.23. The number of hydrogen-bond acceptors (Lipinski definition) is 4. The maximum atomic E-state index is 12.0. The molecular weight excluding hydrogens is 266 g/mol. The lowest BCUT2D eigenvalue weighted by atomic mass is 10.00. The Morgan fingerprint density at radius 1 is 1.38 bits per heavy atom. The lowest BCUT2D eigenvalue weighted by molar-refractivity contribution is 0.0288. The van der Waals surface area contributed by atoms with E-state index in [4.69, 9.17) is 4.74 Å². The number of hydrogen-bond donors (Lipinski definition) is 0. The molecule has 1 fully saturated rings. The van der Waals surface area contributed by atoms with Crippen molar-refractivity contribution in [2.75, 3.05) is 13.1 Å². The van der Waals surface area contributed by atoms with Crippen molar-refractivity contribution >= 4 is 6.09 Å². The van der Waals surface area contributed by atoms with Crippen molar-refractivity contribution in [3.05, 3.63) is 23.0 Å². The van der Waals surface area contributed by atoms with E-state index in [1.54, 1.807) is 4.90 Å². The van der Waals surface area contributed by atoms with Gasteiger partial charge in [0.1, 0.15) is 5.60 Å². The van der Waals surface area contributed by atoms with Crippen molar-refractivity contribution in [1.82, 2.24) is 15.1 Å². The summed E-state index contributed by atoms with van der Waals surface area (Å²) in [4.78, 5) is 13.8. The molecule has 0 N–H and O–H groups in total. The summed E-state index contributed by atoms with van der Waals surface area (Å²) in [5.41, 5.74) is 2.72. The molecule has 5 heteroatoms. The molecule has 0 spiro atoms. The molecule has 1 aromatic heterocycles. The Labute approximate surface area is 126 Å². The number of likely N-dealkylation sites (tertiary alicyclic amines) is 1. The van der Waals surface area contributed by atoms with Crippen molar-refractivity contribution in [1.29, 1.82) is 0 Å². The van der Waals surface area contributed by atoms with E-state index in [0.29, 0.717) is 5.92 Å². The molecule has 1 atom stereocenters. The van der Waals surface area contributed by atoms with E-state index in [0.717, 1.165) is 37.3 Å². The molecule has 5 nitrogen and oxygen atoms in total. The van der Waals surface area contributed by atoms with Gasteiger partial charge in [-0.3, -0.25) is 0 Å². The monoisotopic (exact) mass is 291 g/mol. The van der Waals surface area contributed by atoms with Crippen LogP contribution in [0.3, 0.4) is 0 Å². The van der Waals surface area contributed by atoms with Crippen LogP contribution in [0.1, 0.15) is 44.1 Å². The molecule has 1 unspecified atom stereocenters. The van der Waals surface area contributed by atoms with Gasteiger partial charge in [-0.25, -0.2) is 4.79 Å². The number of carbonyl (C=O) groups is 1. The van der Waals surface area contributed by atoms with Gasteiger partial charge in [0.25, 0.3) is 0 Å². The van der Waals surface area contributed by atoms with E-state index in [-0.39, 0.29) is 6.09 Å². The van der Waals surface area contributed by atoms with Gasteiger partial charge < -0.3 is 9.64 Å². The summed E-state index contributed by atoms with van der Waals surface area (Å²) in [7, 11) is 0. The summed E-state index contributed by atoms with van der Waals surface area (Å²) < 4.78 is 5.42. The van der Waals surface area contributed by atoms with E-state index < -0.39 is 5.60 Å². The quantitative estimate of drug-likeness (QED) is 0.840. The van der Waals surface area contributed by atoms with Crippen LogP contribution in [0.5, 0.6) is 0 Å². The highest BCUT2D eigenvalue weighted by Gasteiger charge is 2.30. The van der Waals surface area contributed by atoms with Crippen molar-refractivity contribution in [3.8, 4) is 0 Å². The van der Waals surface area contributed by atoms with Crippen LogP contribution in [0.4, 0.5) is 4.79 Å². The summed E-state index contributed by atoms with van der Waals surface area (Å²) >= 11 is 0. The number of nitrogens with zero attached hydrogens (tertiary/aromatic N) is 3. The third-order valence-electron chi connectivity index (χ3n) is 3.63. The van der Waals surface area contributed by atoms with Crippen molar-refractivity contribution in [3.63, 3.8) is 0 Å². The average Bonchev–Trinajstić information content (AvgIpc) is 2.79. The molecule has 1 amide bonds. The van der Waals surface area contributed by atoms with Crippen molar-refractivity contribution < 1.29 is 9.53 Å². The standard InChI is InChI=1S/C16H25N3O2/c1-11-8-12(2)17-18-14(11)9-13-6-7-19(10-13)15(20)21-16(3,4)5/h8,13H,6-7,9-10H2,1-5H3. The summed E-state index contributed by atoms with van der Waals surface area (Å²) in [6, 6.07) is 2.06. The van der Waals surface area contributed by atoms with Gasteiger partial charge in [-0.15, -0.1) is 0 Å². The van der Waals surface area contributed by atoms with E-state index in [1.807, 2.05) is 27.7 Å². The number of rotatable bonds is 2. The molecule has 21 heavy (non-hydrogen) atoms. The first-order valence-corrected chi connectivity index (χ1v) is 7.52. The van der Waals surface area contributed by atoms with Gasteiger partial charge in [0.15, 0.2) is 0 Å². The van der Waals surface area contributed by atoms with Gasteiger partial charge in [0.2, 0.25) is 0 Å². The smallest absolute Gasteiger partial charge is 0.410 e. The molecule has 0 radical (unpaired) electrons. The maximum absolute atomic E-state index is 12.0. The van der Waals surface area contributed by atoms with Crippen LogP contribution in [0, 0.1) is 19.8 Å². The van der Waals surface area contributed by atoms with Crippen LogP contribution in [0.25, 0.3) is 0 Å². The first-order valence-electron chi connectivity index (χ1n) is 7.52. The van der Waals surface area contributed by atoms with E-state index in [1.165, 1.54) is 5.56 Å². The average molecular weight is 291 g/mol. The zero-order valence-corrected chi connectivity index (χ0v) is 13.6. The minimum atomic E-state index is -0.436. The zero-order chi connectivity index (χ0) is 15.6. The van der Waals surface area contributed by atoms with E-state index in [9.17, 15) is 4.79 Å². The molecule has 1 aromatic rings. The number of carbonyl (C=O) groups excluding carboxylic acids is 1. The van der Waals surface area contributed by atoms with Crippen LogP contribution in [0.15, 0.2) is 6.07 Å². The van der Waals surface area contributed by atoms with Crippen LogP contribution in [-0.4, -0.2) is 39.9 Å². The van der Waals surface area contributed by atoms with Gasteiger partial charge in [0, 0.05) is 13.1 Å². The molecule has 1 saturated heterocycles. The molecule has 1 aliphatic heterocycles. The Morgan fingerprint density at radius 3 is 2.71 bits per heavy atom. The second-order valence-electron chi connectivity index (χ2n) is 6.90. The van der Waals surface area contributed by atoms with Crippen molar-refractivity contribution in [2.24, 2.45) is 5.92 Å². The number of aromatic nitrogens is 2. The van der Waals surface area contributed by atoms with Crippen LogP contribution in [0.2, 0.25) is 0 Å². The number of amides is 1. The van der Waals surface area contributed by atoms with Crippen molar-refractivity contribution in [2.45, 2.75) is 53.1 Å². The highest BCUT2D eigenvalue weighted by atomic mass is 16.6. The molecule has 1 aliphatic rings. The summed E-state index contributed by atoms with van der Waals surface area (Å²) in [6.45, 7) is 11.2. The Morgan fingerprint density at radius 2 is 2.10 bits per heavy atom. The largest absolute Gasteiger partial charge is 0.444 e. The Balaban J connectivity index is 1.92. The van der Waals surface area contributed by atoms with Crippen LogP contribution < -0.4 is 0 Å². The van der Waals surface area contributed by atoms with E-state index >= 15 is 0 Å². The Bertz CT molecular complexity index is 523. The van der Waals surface area contributed by atoms with E-state index in [2.05, 4.69) is 23.2 Å². The fourth-order valence-electron chi connectivity index (χ4n) is 2.61. The zero-order valence-electron chi connectivity index (χ0n) is 13.6. The van der Waals surface area contributed by atoms with Gasteiger partial charge in [-0.2, -0.15) is 10.2 Å². The third-order valence-corrected chi connectivity index (χ3v) is 3.63. The number of aryl methyl sites for hydroxylation is 2. The molecule has 2 rings (SSSR count). The molecule has 0 aromatic carbocycles. The Kier molecular flexibility index (Phi) is 4.49. The highest BCUT2D eigenvalue weighted by molar-refractivity contribution is 5.68. The normalized spacial score (nSPS) is 18.9. The Hall–Kier alpha value is -1.65. The predicted octanol–water partition coefficient (Wildman–Crippen LogP) is 2.89. The van der Waals surface area contributed by atoms with Crippen LogP contribution in [-0.2, 0) is 11.2 Å². The summed E-state index contributed by atoms with van der Waals surface area (Å²) in [5, 5.41) is 8.42. The maximum Gasteiger partial charge on any atom is 0.410 e. The summed E-state index contributed by atoms with van der Waals surface area (Å²) in [5.74, 6) is 0.438. The van der Waals surface area contributed by atoms with Crippen LogP contribution >= 0.6 is 0 Å². The molecule has 0 aliphatic carbocycles. The second-order valence-corrected chi connectivity index (χ2v) is 6.90. The lowest BCUT2D eigenvalue weighted by Gasteiger charge is -2.24. The topological polar surface area (TPSA) is 55.3 Å². The molecule has 116 valence electrons. The fourth-order valence-corrected chi connectivity index (χ4v) is 2.61. The second kappa shape index (κ2) is 6.00. The van der Waals surface area contributed by atoms with Gasteiger partial charge in [0.05, 0.1) is 11.4 Å². The van der Waals surface area contributed by atoms with Gasteiger partial charge in [-0.1, -0.05) is 0 Å². The van der Waals surface area contributed by atoms with Gasteiger partial charge in [-0.05, 0) is 65.0 Å². The molecular formula is C16H25N3O2. The SMILES string of the molecule is Cc1cc(C)c(CC2CCN(C(=O)OC(C)(C)C)C2)nn1. The van der Waals surface area contributed by atoms with Gasteiger partial charge >= 0.3 is 6.09 Å². The lowest BCUT2D eigenvalue weighted by Crippen LogP contribution is -2.35. The predicted molar refractivity (Wildman–Crippen MR) is 81.1 cm³/mol. The first-order chi connectivity index (χ1) is 9.74. The minimum absolute atomic E-state index is 0.211. The first kappa shape index (κ1) is 15.7. The third kappa shape index (κ3) is 4.41. The molecule has 2 heterocycles. The summed E-state index contributed by atoms with van der Waals surface area (Å²) in [6.07, 6.45) is 1.66. The minimum Gasteiger partial charge on any atom is -0.444 e.